The third kappa shape index (κ3) is 2.24. The molecule has 0 aliphatic rings. The Morgan fingerprint density at radius 2 is 2.41 bits per heavy atom. The molecule has 92 valence electrons. The molecule has 17 heavy (non-hydrogen) atoms. The summed E-state index contributed by atoms with van der Waals surface area (Å²) < 4.78 is 2.05. The largest absolute Gasteiger partial charge is 0.334 e. The van der Waals surface area contributed by atoms with Gasteiger partial charge in [0.15, 0.2) is 0 Å². The zero-order chi connectivity index (χ0) is 12.4. The second-order valence-corrected chi connectivity index (χ2v) is 5.06. The molecule has 0 spiro atoms. The normalized spacial score (nSPS) is 12.9. The third-order valence-electron chi connectivity index (χ3n) is 2.70. The molecule has 0 saturated carbocycles. The van der Waals surface area contributed by atoms with Gasteiger partial charge >= 0.3 is 0 Å². The fourth-order valence-electron chi connectivity index (χ4n) is 1.76. The van der Waals surface area contributed by atoms with Gasteiger partial charge in [0.25, 0.3) is 0 Å². The number of nitrogens with zero attached hydrogens (tertiary/aromatic N) is 2. The molecule has 6 heteroatoms. The van der Waals surface area contributed by atoms with Crippen molar-refractivity contribution >= 4 is 22.9 Å². The Kier molecular flexibility index (Phi) is 3.83. The highest BCUT2D eigenvalue weighted by atomic mass is 35.5. The minimum Gasteiger partial charge on any atom is -0.334 e. The molecule has 2 heterocycles. The summed E-state index contributed by atoms with van der Waals surface area (Å²) in [5, 5.41) is 2.80. The van der Waals surface area contributed by atoms with Crippen LogP contribution in [-0.4, -0.2) is 9.55 Å². The van der Waals surface area contributed by atoms with E-state index < -0.39 is 0 Å². The highest BCUT2D eigenvalue weighted by molar-refractivity contribution is 7.10. The summed E-state index contributed by atoms with van der Waals surface area (Å²) in [5.74, 6) is 6.53. The van der Waals surface area contributed by atoms with Gasteiger partial charge in [-0.25, -0.2) is 10.4 Å². The van der Waals surface area contributed by atoms with Gasteiger partial charge in [0, 0.05) is 23.8 Å². The lowest BCUT2D eigenvalue weighted by molar-refractivity contribution is 0.567. The fourth-order valence-corrected chi connectivity index (χ4v) is 3.12. The number of imidazole rings is 1. The van der Waals surface area contributed by atoms with E-state index in [9.17, 15) is 0 Å². The minimum atomic E-state index is -0.156. The van der Waals surface area contributed by atoms with E-state index in [0.29, 0.717) is 0 Å². The summed E-state index contributed by atoms with van der Waals surface area (Å²) in [5.41, 5.74) is 3.86. The zero-order valence-corrected chi connectivity index (χ0v) is 11.3. The van der Waals surface area contributed by atoms with Crippen LogP contribution >= 0.6 is 22.9 Å². The van der Waals surface area contributed by atoms with Crippen LogP contribution in [0.2, 0.25) is 5.02 Å². The van der Waals surface area contributed by atoms with E-state index in [-0.39, 0.29) is 6.04 Å². The van der Waals surface area contributed by atoms with E-state index in [4.69, 9.17) is 17.4 Å². The van der Waals surface area contributed by atoms with E-state index in [0.717, 1.165) is 27.8 Å². The van der Waals surface area contributed by atoms with Crippen molar-refractivity contribution in [2.24, 2.45) is 5.84 Å². The summed E-state index contributed by atoms with van der Waals surface area (Å²) in [7, 11) is 0. The third-order valence-corrected chi connectivity index (χ3v) is 4.48. The number of hydrogen-bond acceptors (Lipinski definition) is 4. The van der Waals surface area contributed by atoms with Crippen LogP contribution in [0.1, 0.15) is 29.2 Å². The van der Waals surface area contributed by atoms with Gasteiger partial charge in [0.2, 0.25) is 0 Å². The van der Waals surface area contributed by atoms with Gasteiger partial charge < -0.3 is 4.57 Å². The predicted molar refractivity (Wildman–Crippen MR) is 71.1 cm³/mol. The first-order chi connectivity index (χ1) is 8.19. The molecule has 3 N–H and O–H groups in total. The Balaban J connectivity index is 2.44. The van der Waals surface area contributed by atoms with Crippen LogP contribution < -0.4 is 11.3 Å². The van der Waals surface area contributed by atoms with Crippen LogP contribution in [0.15, 0.2) is 17.8 Å². The maximum Gasteiger partial charge on any atom is 0.132 e. The van der Waals surface area contributed by atoms with Crippen molar-refractivity contribution in [1.29, 1.82) is 0 Å². The first-order valence-corrected chi connectivity index (χ1v) is 6.65. The van der Waals surface area contributed by atoms with E-state index in [1.165, 1.54) is 0 Å². The molecule has 2 rings (SSSR count). The molecule has 0 amide bonds. The lowest BCUT2D eigenvalue weighted by Crippen LogP contribution is -2.30. The smallest absolute Gasteiger partial charge is 0.132 e. The number of aromatic nitrogens is 2. The predicted octanol–water partition coefficient (Wildman–Crippen LogP) is 2.48. The molecular weight excluding hydrogens is 256 g/mol. The van der Waals surface area contributed by atoms with Crippen molar-refractivity contribution < 1.29 is 0 Å². The van der Waals surface area contributed by atoms with E-state index in [1.54, 1.807) is 17.5 Å². The van der Waals surface area contributed by atoms with Crippen LogP contribution in [0.3, 0.4) is 0 Å². The average Bonchev–Trinajstić information content (AvgIpc) is 2.92. The van der Waals surface area contributed by atoms with Crippen LogP contribution in [0.4, 0.5) is 0 Å². The van der Waals surface area contributed by atoms with Crippen LogP contribution in [0.5, 0.6) is 0 Å². The summed E-state index contributed by atoms with van der Waals surface area (Å²) in [6.07, 6.45) is 3.71. The number of nitrogens with two attached hydrogens (primary N) is 1. The fraction of sp³-hybridized carbons (Fsp3) is 0.364. The number of hydrogen-bond donors (Lipinski definition) is 2. The standard InChI is InChI=1S/C11H15ClN4S/c1-3-16-5-4-14-11(16)9(15-13)10-8(12)7(2)6-17-10/h4-6,9,15H,3,13H2,1-2H3. The number of halogens is 1. The molecule has 0 bridgehead atoms. The van der Waals surface area contributed by atoms with Crippen molar-refractivity contribution in [2.45, 2.75) is 26.4 Å². The van der Waals surface area contributed by atoms with Crippen LogP contribution in [0, 0.1) is 6.92 Å². The Morgan fingerprint density at radius 3 is 2.94 bits per heavy atom. The lowest BCUT2D eigenvalue weighted by atomic mass is 10.2. The highest BCUT2D eigenvalue weighted by Crippen LogP contribution is 2.34. The number of rotatable bonds is 4. The summed E-state index contributed by atoms with van der Waals surface area (Å²) >= 11 is 7.87. The maximum absolute atomic E-state index is 6.27. The Bertz CT molecular complexity index is 505. The van der Waals surface area contributed by atoms with Gasteiger partial charge in [0.1, 0.15) is 11.9 Å². The molecule has 0 aliphatic heterocycles. The van der Waals surface area contributed by atoms with Gasteiger partial charge in [-0.1, -0.05) is 11.6 Å². The second kappa shape index (κ2) is 5.18. The first-order valence-electron chi connectivity index (χ1n) is 5.39. The Morgan fingerprint density at radius 1 is 1.65 bits per heavy atom. The monoisotopic (exact) mass is 270 g/mol. The van der Waals surface area contributed by atoms with Gasteiger partial charge in [-0.3, -0.25) is 5.84 Å². The Hall–Kier alpha value is -0.880. The molecule has 2 aromatic rings. The SMILES string of the molecule is CCn1ccnc1C(NN)c1scc(C)c1Cl. The van der Waals surface area contributed by atoms with Crippen molar-refractivity contribution in [1.82, 2.24) is 15.0 Å². The van der Waals surface area contributed by atoms with E-state index in [2.05, 4.69) is 21.9 Å². The van der Waals surface area contributed by atoms with Crippen molar-refractivity contribution in [3.8, 4) is 0 Å². The molecule has 0 aromatic carbocycles. The summed E-state index contributed by atoms with van der Waals surface area (Å²) in [4.78, 5) is 5.36. The number of thiophene rings is 1. The quantitative estimate of drug-likeness (QED) is 0.663. The van der Waals surface area contributed by atoms with E-state index in [1.807, 2.05) is 18.5 Å². The van der Waals surface area contributed by atoms with Gasteiger partial charge in [-0.15, -0.1) is 11.3 Å². The zero-order valence-electron chi connectivity index (χ0n) is 9.77. The Labute approximate surface area is 109 Å². The lowest BCUT2D eigenvalue weighted by Gasteiger charge is -2.16. The average molecular weight is 271 g/mol. The summed E-state index contributed by atoms with van der Waals surface area (Å²) in [6, 6.07) is -0.156. The van der Waals surface area contributed by atoms with Gasteiger partial charge in [-0.2, -0.15) is 0 Å². The summed E-state index contributed by atoms with van der Waals surface area (Å²) in [6.45, 7) is 4.91. The molecule has 4 nitrogen and oxygen atoms in total. The molecular formula is C11H15ClN4S. The molecule has 0 fully saturated rings. The number of nitrogens with one attached hydrogen (secondary N) is 1. The number of aryl methyl sites for hydroxylation is 2. The topological polar surface area (TPSA) is 55.9 Å². The molecule has 0 radical (unpaired) electrons. The molecule has 1 atom stereocenters. The molecule has 2 aromatic heterocycles. The minimum absolute atomic E-state index is 0.156. The number of hydrazine groups is 1. The van der Waals surface area contributed by atoms with Crippen molar-refractivity contribution in [3.05, 3.63) is 39.1 Å². The van der Waals surface area contributed by atoms with Crippen molar-refractivity contribution in [2.75, 3.05) is 0 Å². The molecule has 0 aliphatic carbocycles. The first kappa shape index (κ1) is 12.6. The highest BCUT2D eigenvalue weighted by Gasteiger charge is 2.22. The van der Waals surface area contributed by atoms with Gasteiger partial charge in [0.05, 0.1) is 5.02 Å². The second-order valence-electron chi connectivity index (χ2n) is 3.77. The van der Waals surface area contributed by atoms with Crippen molar-refractivity contribution in [3.63, 3.8) is 0 Å². The molecule has 0 saturated heterocycles. The van der Waals surface area contributed by atoms with Gasteiger partial charge in [-0.05, 0) is 24.8 Å². The van der Waals surface area contributed by atoms with Crippen LogP contribution in [0.25, 0.3) is 0 Å². The maximum atomic E-state index is 6.27. The van der Waals surface area contributed by atoms with E-state index >= 15 is 0 Å². The van der Waals surface area contributed by atoms with Crippen LogP contribution in [-0.2, 0) is 6.54 Å². The molecule has 1 unspecified atom stereocenters.